The lowest BCUT2D eigenvalue weighted by Crippen LogP contribution is -1.93. The Morgan fingerprint density at radius 1 is 0.750 bits per heavy atom. The number of para-hydroxylation sites is 1. The second-order valence-electron chi connectivity index (χ2n) is 5.22. The lowest BCUT2D eigenvalue weighted by molar-refractivity contribution is 0.101. The van der Waals surface area contributed by atoms with Crippen molar-refractivity contribution in [1.29, 1.82) is 0 Å². The summed E-state index contributed by atoms with van der Waals surface area (Å²) < 4.78 is 11.4. The molecule has 0 heterocycles. The smallest absolute Gasteiger partial charge is 0.163 e. The van der Waals surface area contributed by atoms with E-state index in [0.29, 0.717) is 17.2 Å². The van der Waals surface area contributed by atoms with Gasteiger partial charge in [0.2, 0.25) is 0 Å². The fourth-order valence-electron chi connectivity index (χ4n) is 2.21. The van der Waals surface area contributed by atoms with E-state index in [-0.39, 0.29) is 17.1 Å². The normalized spacial score (nSPS) is 10.2. The maximum absolute atomic E-state index is 11.3. The number of ketones is 1. The molecule has 3 aromatic carbocycles. The first-order valence-electron chi connectivity index (χ1n) is 7.46. The minimum Gasteiger partial charge on any atom is -0.507 e. The molecule has 0 aliphatic carbocycles. The molecule has 3 aromatic rings. The molecule has 120 valence electrons. The second kappa shape index (κ2) is 6.87. The predicted octanol–water partition coefficient (Wildman–Crippen LogP) is 5.18. The number of ether oxygens (including phenoxy) is 2. The molecule has 0 fully saturated rings. The van der Waals surface area contributed by atoms with Crippen molar-refractivity contribution in [3.63, 3.8) is 0 Å². The summed E-state index contributed by atoms with van der Waals surface area (Å²) in [7, 11) is 0. The minimum atomic E-state index is -0.193. The molecular weight excluding hydrogens is 304 g/mol. The Bertz CT molecular complexity index is 839. The lowest BCUT2D eigenvalue weighted by atomic mass is 10.1. The molecule has 4 heteroatoms. The van der Waals surface area contributed by atoms with Crippen LogP contribution in [-0.4, -0.2) is 10.9 Å². The first-order valence-corrected chi connectivity index (χ1v) is 7.46. The number of aromatic hydroxyl groups is 1. The van der Waals surface area contributed by atoms with E-state index in [1.807, 2.05) is 30.3 Å². The summed E-state index contributed by atoms with van der Waals surface area (Å²) in [6.07, 6.45) is 0. The summed E-state index contributed by atoms with van der Waals surface area (Å²) in [5.74, 6) is 2.23. The number of carbonyl (C=O) groups is 1. The molecule has 0 unspecified atom stereocenters. The van der Waals surface area contributed by atoms with E-state index in [1.54, 1.807) is 36.4 Å². The topological polar surface area (TPSA) is 55.8 Å². The highest BCUT2D eigenvalue weighted by Crippen LogP contribution is 2.29. The molecule has 0 aliphatic heterocycles. The number of carbonyl (C=O) groups excluding carboxylic acids is 1. The van der Waals surface area contributed by atoms with Crippen molar-refractivity contribution in [3.05, 3.63) is 78.4 Å². The van der Waals surface area contributed by atoms with Crippen molar-refractivity contribution in [3.8, 4) is 28.7 Å². The fraction of sp³-hybridized carbons (Fsp3) is 0.0500. The molecule has 0 saturated heterocycles. The summed E-state index contributed by atoms with van der Waals surface area (Å²) in [6.45, 7) is 1.40. The van der Waals surface area contributed by atoms with Gasteiger partial charge in [-0.1, -0.05) is 18.2 Å². The van der Waals surface area contributed by atoms with Gasteiger partial charge in [0, 0.05) is 6.07 Å². The molecule has 3 rings (SSSR count). The zero-order valence-electron chi connectivity index (χ0n) is 13.1. The summed E-state index contributed by atoms with van der Waals surface area (Å²) in [5, 5.41) is 9.83. The first kappa shape index (κ1) is 15.6. The molecule has 0 amide bonds. The lowest BCUT2D eigenvalue weighted by Gasteiger charge is -2.09. The van der Waals surface area contributed by atoms with Gasteiger partial charge >= 0.3 is 0 Å². The monoisotopic (exact) mass is 320 g/mol. The quantitative estimate of drug-likeness (QED) is 0.658. The Morgan fingerprint density at radius 2 is 1.25 bits per heavy atom. The van der Waals surface area contributed by atoms with Gasteiger partial charge in [0.1, 0.15) is 28.7 Å². The highest BCUT2D eigenvalue weighted by Gasteiger charge is 2.08. The van der Waals surface area contributed by atoms with Crippen LogP contribution in [0.25, 0.3) is 0 Å². The van der Waals surface area contributed by atoms with Crippen molar-refractivity contribution in [1.82, 2.24) is 0 Å². The molecule has 0 saturated carbocycles. The van der Waals surface area contributed by atoms with E-state index in [0.717, 1.165) is 5.75 Å². The maximum atomic E-state index is 11.3. The van der Waals surface area contributed by atoms with E-state index in [1.165, 1.54) is 13.0 Å². The molecule has 0 radical (unpaired) electrons. The number of hydrogen-bond acceptors (Lipinski definition) is 4. The second-order valence-corrected chi connectivity index (χ2v) is 5.22. The number of rotatable bonds is 5. The summed E-state index contributed by atoms with van der Waals surface area (Å²) in [5.41, 5.74) is 0.272. The van der Waals surface area contributed by atoms with E-state index < -0.39 is 0 Å². The van der Waals surface area contributed by atoms with Gasteiger partial charge in [-0.3, -0.25) is 4.79 Å². The average molecular weight is 320 g/mol. The molecular formula is C20H16O4. The summed E-state index contributed by atoms with van der Waals surface area (Å²) in [6, 6.07) is 21.2. The van der Waals surface area contributed by atoms with Crippen LogP contribution in [0.3, 0.4) is 0 Å². The van der Waals surface area contributed by atoms with E-state index >= 15 is 0 Å². The van der Waals surface area contributed by atoms with Crippen molar-refractivity contribution in [2.75, 3.05) is 0 Å². The molecule has 0 bridgehead atoms. The Labute approximate surface area is 139 Å². The van der Waals surface area contributed by atoms with Crippen LogP contribution in [0.2, 0.25) is 0 Å². The van der Waals surface area contributed by atoms with Crippen LogP contribution < -0.4 is 9.47 Å². The summed E-state index contributed by atoms with van der Waals surface area (Å²) >= 11 is 0. The van der Waals surface area contributed by atoms with Crippen molar-refractivity contribution >= 4 is 5.78 Å². The zero-order chi connectivity index (χ0) is 16.9. The van der Waals surface area contributed by atoms with Crippen LogP contribution in [0, 0.1) is 0 Å². The Kier molecular flexibility index (Phi) is 4.47. The third-order valence-corrected chi connectivity index (χ3v) is 3.39. The maximum Gasteiger partial charge on any atom is 0.163 e. The molecule has 24 heavy (non-hydrogen) atoms. The third-order valence-electron chi connectivity index (χ3n) is 3.39. The van der Waals surface area contributed by atoms with Crippen molar-refractivity contribution in [2.45, 2.75) is 6.92 Å². The Hall–Kier alpha value is -3.27. The van der Waals surface area contributed by atoms with Crippen molar-refractivity contribution in [2.24, 2.45) is 0 Å². The number of phenols is 1. The van der Waals surface area contributed by atoms with Gasteiger partial charge < -0.3 is 14.6 Å². The molecule has 0 aromatic heterocycles. The molecule has 0 aliphatic rings. The van der Waals surface area contributed by atoms with Gasteiger partial charge in [0.25, 0.3) is 0 Å². The highest BCUT2D eigenvalue weighted by atomic mass is 16.5. The first-order chi connectivity index (χ1) is 11.6. The molecule has 0 atom stereocenters. The van der Waals surface area contributed by atoms with Crippen LogP contribution in [0.15, 0.2) is 72.8 Å². The molecule has 1 N–H and O–H groups in total. The summed E-state index contributed by atoms with van der Waals surface area (Å²) in [4.78, 5) is 11.3. The van der Waals surface area contributed by atoms with Crippen LogP contribution in [0.1, 0.15) is 17.3 Å². The van der Waals surface area contributed by atoms with Crippen molar-refractivity contribution < 1.29 is 19.4 Å². The van der Waals surface area contributed by atoms with Crippen LogP contribution in [0.4, 0.5) is 0 Å². The standard InChI is InChI=1S/C20H16O4/c1-14(21)19-12-11-18(13-20(19)22)24-17-9-7-16(8-10-17)23-15-5-3-2-4-6-15/h2-13,22H,1H3. The van der Waals surface area contributed by atoms with Crippen LogP contribution in [0.5, 0.6) is 28.7 Å². The number of Topliss-reactive ketones (excluding diaryl/α,β-unsaturated/α-hetero) is 1. The fourth-order valence-corrected chi connectivity index (χ4v) is 2.21. The Balaban J connectivity index is 1.70. The van der Waals surface area contributed by atoms with Gasteiger partial charge in [-0.25, -0.2) is 0 Å². The SMILES string of the molecule is CC(=O)c1ccc(Oc2ccc(Oc3ccccc3)cc2)cc1O. The van der Waals surface area contributed by atoms with Crippen LogP contribution >= 0.6 is 0 Å². The molecule has 4 nitrogen and oxygen atoms in total. The number of hydrogen-bond donors (Lipinski definition) is 1. The van der Waals surface area contributed by atoms with E-state index in [2.05, 4.69) is 0 Å². The highest BCUT2D eigenvalue weighted by molar-refractivity contribution is 5.96. The minimum absolute atomic E-state index is 0.0935. The van der Waals surface area contributed by atoms with Gasteiger partial charge in [-0.2, -0.15) is 0 Å². The zero-order valence-corrected chi connectivity index (χ0v) is 13.1. The number of benzene rings is 3. The van der Waals surface area contributed by atoms with Gasteiger partial charge in [0.05, 0.1) is 5.56 Å². The largest absolute Gasteiger partial charge is 0.507 e. The van der Waals surface area contributed by atoms with E-state index in [9.17, 15) is 9.90 Å². The van der Waals surface area contributed by atoms with E-state index in [4.69, 9.17) is 9.47 Å². The van der Waals surface area contributed by atoms with Gasteiger partial charge in [0.15, 0.2) is 5.78 Å². The third kappa shape index (κ3) is 3.73. The molecule has 0 spiro atoms. The van der Waals surface area contributed by atoms with Crippen LogP contribution in [-0.2, 0) is 0 Å². The average Bonchev–Trinajstić information content (AvgIpc) is 2.57. The van der Waals surface area contributed by atoms with Gasteiger partial charge in [-0.15, -0.1) is 0 Å². The predicted molar refractivity (Wildman–Crippen MR) is 91.1 cm³/mol. The van der Waals surface area contributed by atoms with Gasteiger partial charge in [-0.05, 0) is 55.5 Å². The Morgan fingerprint density at radius 3 is 1.79 bits per heavy atom. The number of phenolic OH excluding ortho intramolecular Hbond substituents is 1.